The molecule has 0 amide bonds. The van der Waals surface area contributed by atoms with Crippen LogP contribution < -0.4 is 5.73 Å². The first-order valence-corrected chi connectivity index (χ1v) is 4.16. The fourth-order valence-corrected chi connectivity index (χ4v) is 1.25. The van der Waals surface area contributed by atoms with E-state index in [1.807, 2.05) is 13.8 Å². The molecule has 0 bridgehead atoms. The van der Waals surface area contributed by atoms with E-state index >= 15 is 0 Å². The lowest BCUT2D eigenvalue weighted by molar-refractivity contribution is -0.138. The van der Waals surface area contributed by atoms with Gasteiger partial charge in [0.25, 0.3) is 0 Å². The highest BCUT2D eigenvalue weighted by Gasteiger charge is 2.31. The zero-order valence-corrected chi connectivity index (χ0v) is 7.30. The Balaban J connectivity index is 2.20. The number of rotatable bonds is 3. The topological polar surface area (TPSA) is 44.5 Å². The molecule has 1 aliphatic heterocycles. The molecule has 0 aliphatic carbocycles. The van der Waals surface area contributed by atoms with Crippen molar-refractivity contribution in [2.45, 2.75) is 38.6 Å². The number of ether oxygens (including phenoxy) is 2. The molecule has 0 aromatic carbocycles. The molecule has 1 atom stereocenters. The van der Waals surface area contributed by atoms with E-state index in [9.17, 15) is 0 Å². The Morgan fingerprint density at radius 3 is 2.73 bits per heavy atom. The Hall–Kier alpha value is -0.120. The Labute approximate surface area is 67.9 Å². The van der Waals surface area contributed by atoms with Crippen LogP contribution in [0.1, 0.15) is 26.7 Å². The molecule has 0 aromatic rings. The molecule has 0 unspecified atom stereocenters. The summed E-state index contributed by atoms with van der Waals surface area (Å²) in [7, 11) is 0. The van der Waals surface area contributed by atoms with Gasteiger partial charge in [-0.15, -0.1) is 0 Å². The molecule has 0 saturated carbocycles. The van der Waals surface area contributed by atoms with Crippen molar-refractivity contribution < 1.29 is 9.47 Å². The van der Waals surface area contributed by atoms with Crippen LogP contribution in [-0.4, -0.2) is 25.0 Å². The van der Waals surface area contributed by atoms with Gasteiger partial charge in [-0.2, -0.15) is 0 Å². The van der Waals surface area contributed by atoms with Crippen molar-refractivity contribution in [3.05, 3.63) is 0 Å². The van der Waals surface area contributed by atoms with E-state index < -0.39 is 0 Å². The van der Waals surface area contributed by atoms with Crippen molar-refractivity contribution >= 4 is 0 Å². The maximum absolute atomic E-state index is 5.57. The maximum atomic E-state index is 5.57. The summed E-state index contributed by atoms with van der Waals surface area (Å²) < 4.78 is 11.0. The second kappa shape index (κ2) is 3.52. The first-order chi connectivity index (χ1) is 5.14. The third-order valence-corrected chi connectivity index (χ3v) is 1.80. The Bertz CT molecular complexity index is 125. The lowest BCUT2D eigenvalue weighted by Gasteiger charge is -2.16. The lowest BCUT2D eigenvalue weighted by atomic mass is 10.2. The van der Waals surface area contributed by atoms with Crippen LogP contribution in [0.5, 0.6) is 0 Å². The van der Waals surface area contributed by atoms with E-state index in [2.05, 4.69) is 0 Å². The van der Waals surface area contributed by atoms with Gasteiger partial charge in [-0.3, -0.25) is 0 Å². The average Bonchev–Trinajstić information content (AvgIpc) is 2.26. The van der Waals surface area contributed by atoms with Crippen LogP contribution in [0.25, 0.3) is 0 Å². The largest absolute Gasteiger partial charge is 0.348 e. The highest BCUT2D eigenvalue weighted by atomic mass is 16.7. The second-order valence-corrected chi connectivity index (χ2v) is 3.38. The van der Waals surface area contributed by atoms with Crippen LogP contribution in [0.15, 0.2) is 0 Å². The van der Waals surface area contributed by atoms with Crippen molar-refractivity contribution in [1.82, 2.24) is 0 Å². The highest BCUT2D eigenvalue weighted by molar-refractivity contribution is 4.70. The van der Waals surface area contributed by atoms with E-state index in [4.69, 9.17) is 15.2 Å². The molecule has 0 aromatic heterocycles. The summed E-state index contributed by atoms with van der Waals surface area (Å²) in [6.07, 6.45) is 2.29. The summed E-state index contributed by atoms with van der Waals surface area (Å²) in [6, 6.07) is 0. The fourth-order valence-electron chi connectivity index (χ4n) is 1.25. The second-order valence-electron chi connectivity index (χ2n) is 3.38. The van der Waals surface area contributed by atoms with Gasteiger partial charge in [0.2, 0.25) is 0 Å². The molecule has 66 valence electrons. The fraction of sp³-hybridized carbons (Fsp3) is 1.00. The van der Waals surface area contributed by atoms with E-state index in [0.717, 1.165) is 19.4 Å². The molecule has 1 rings (SSSR count). The predicted octanol–water partition coefficient (Wildman–Crippen LogP) is 0.877. The van der Waals surface area contributed by atoms with Gasteiger partial charge in [0.05, 0.1) is 12.7 Å². The van der Waals surface area contributed by atoms with Gasteiger partial charge in [-0.05, 0) is 33.2 Å². The zero-order chi connectivity index (χ0) is 8.32. The Morgan fingerprint density at radius 1 is 1.55 bits per heavy atom. The Morgan fingerprint density at radius 2 is 2.27 bits per heavy atom. The van der Waals surface area contributed by atoms with E-state index in [-0.39, 0.29) is 11.9 Å². The zero-order valence-electron chi connectivity index (χ0n) is 7.30. The van der Waals surface area contributed by atoms with Crippen LogP contribution in [0.3, 0.4) is 0 Å². The van der Waals surface area contributed by atoms with Crippen molar-refractivity contribution in [3.8, 4) is 0 Å². The summed E-state index contributed by atoms with van der Waals surface area (Å²) in [6.45, 7) is 5.33. The maximum Gasteiger partial charge on any atom is 0.163 e. The van der Waals surface area contributed by atoms with Crippen LogP contribution in [0.2, 0.25) is 0 Å². The van der Waals surface area contributed by atoms with Crippen molar-refractivity contribution in [3.63, 3.8) is 0 Å². The molecule has 1 fully saturated rings. The molecule has 1 saturated heterocycles. The minimum atomic E-state index is -0.376. The predicted molar refractivity (Wildman–Crippen MR) is 43.2 cm³/mol. The number of hydrogen-bond acceptors (Lipinski definition) is 3. The van der Waals surface area contributed by atoms with Gasteiger partial charge >= 0.3 is 0 Å². The SMILES string of the molecule is CC1(C)OC[C@@H](CCCN)O1. The summed E-state index contributed by atoms with van der Waals surface area (Å²) in [5.74, 6) is -0.376. The molecule has 1 aliphatic rings. The number of hydrogen-bond donors (Lipinski definition) is 1. The summed E-state index contributed by atoms with van der Waals surface area (Å²) in [4.78, 5) is 0. The number of nitrogens with two attached hydrogens (primary N) is 1. The molecule has 11 heavy (non-hydrogen) atoms. The highest BCUT2D eigenvalue weighted by Crippen LogP contribution is 2.24. The molecule has 3 nitrogen and oxygen atoms in total. The Kier molecular flexibility index (Phi) is 2.87. The molecule has 3 heteroatoms. The molecule has 0 spiro atoms. The molecular formula is C8H17NO2. The third-order valence-electron chi connectivity index (χ3n) is 1.80. The van der Waals surface area contributed by atoms with Gasteiger partial charge in [-0.25, -0.2) is 0 Å². The van der Waals surface area contributed by atoms with E-state index in [1.54, 1.807) is 0 Å². The van der Waals surface area contributed by atoms with Crippen molar-refractivity contribution in [2.75, 3.05) is 13.2 Å². The van der Waals surface area contributed by atoms with Gasteiger partial charge in [0, 0.05) is 0 Å². The normalized spacial score (nSPS) is 29.2. The van der Waals surface area contributed by atoms with E-state index in [0.29, 0.717) is 6.61 Å². The summed E-state index contributed by atoms with van der Waals surface area (Å²) in [5.41, 5.74) is 5.38. The molecule has 2 N–H and O–H groups in total. The lowest BCUT2D eigenvalue weighted by Crippen LogP contribution is -2.21. The monoisotopic (exact) mass is 159 g/mol. The van der Waals surface area contributed by atoms with E-state index in [1.165, 1.54) is 0 Å². The van der Waals surface area contributed by atoms with Gasteiger partial charge < -0.3 is 15.2 Å². The summed E-state index contributed by atoms with van der Waals surface area (Å²) >= 11 is 0. The van der Waals surface area contributed by atoms with Crippen LogP contribution in [-0.2, 0) is 9.47 Å². The van der Waals surface area contributed by atoms with Gasteiger partial charge in [0.15, 0.2) is 5.79 Å². The molecular weight excluding hydrogens is 142 g/mol. The van der Waals surface area contributed by atoms with Gasteiger partial charge in [0.1, 0.15) is 0 Å². The van der Waals surface area contributed by atoms with Crippen molar-refractivity contribution in [2.24, 2.45) is 5.73 Å². The minimum Gasteiger partial charge on any atom is -0.348 e. The van der Waals surface area contributed by atoms with Gasteiger partial charge in [-0.1, -0.05) is 0 Å². The third kappa shape index (κ3) is 2.77. The van der Waals surface area contributed by atoms with Crippen LogP contribution >= 0.6 is 0 Å². The first kappa shape index (κ1) is 8.97. The molecule has 0 radical (unpaired) electrons. The summed E-state index contributed by atoms with van der Waals surface area (Å²) in [5, 5.41) is 0. The van der Waals surface area contributed by atoms with Crippen LogP contribution in [0, 0.1) is 0 Å². The minimum absolute atomic E-state index is 0.258. The quantitative estimate of drug-likeness (QED) is 0.664. The van der Waals surface area contributed by atoms with Crippen molar-refractivity contribution in [1.29, 1.82) is 0 Å². The standard InChI is InChI=1S/C8H17NO2/c1-8(2)10-6-7(11-8)4-3-5-9/h7H,3-6,9H2,1-2H3/t7-/m1/s1. The van der Waals surface area contributed by atoms with Crippen LogP contribution in [0.4, 0.5) is 0 Å². The molecule has 1 heterocycles. The smallest absolute Gasteiger partial charge is 0.163 e. The first-order valence-electron chi connectivity index (χ1n) is 4.16. The average molecular weight is 159 g/mol.